The summed E-state index contributed by atoms with van der Waals surface area (Å²) < 4.78 is 1.98. The number of nitrogens with zero attached hydrogens (tertiary/aromatic N) is 3. The van der Waals surface area contributed by atoms with E-state index in [-0.39, 0.29) is 12.1 Å². The van der Waals surface area contributed by atoms with Gasteiger partial charge in [-0.05, 0) is 53.0 Å². The molecule has 2 N–H and O–H groups in total. The van der Waals surface area contributed by atoms with Gasteiger partial charge in [0.05, 0.1) is 17.6 Å². The smallest absolute Gasteiger partial charge is 0.319 e. The second-order valence-corrected chi connectivity index (χ2v) is 7.52. The number of carbonyl (C=O) groups is 1. The first-order valence-electron chi connectivity index (χ1n) is 9.33. The molecule has 3 heterocycles. The Bertz CT molecular complexity index is 570. The number of amides is 2. The third-order valence-corrected chi connectivity index (χ3v) is 5.98. The Hall–Kier alpha value is -1.56. The SMILES string of the molecule is CC[C@H](C)n1ncc(NC(=O)NC2C[C@H]3CCC[C@@H](C2)N3C)c1C. The van der Waals surface area contributed by atoms with E-state index in [0.717, 1.165) is 30.6 Å². The van der Waals surface area contributed by atoms with Crippen LogP contribution in [-0.4, -0.2) is 45.9 Å². The van der Waals surface area contributed by atoms with Crippen molar-refractivity contribution in [2.24, 2.45) is 0 Å². The predicted octanol–water partition coefficient (Wildman–Crippen LogP) is 3.30. The van der Waals surface area contributed by atoms with E-state index in [1.54, 1.807) is 6.20 Å². The average molecular weight is 333 g/mol. The molecule has 0 spiro atoms. The lowest BCUT2D eigenvalue weighted by molar-refractivity contribution is 0.0513. The zero-order chi connectivity index (χ0) is 17.3. The van der Waals surface area contributed by atoms with E-state index < -0.39 is 0 Å². The summed E-state index contributed by atoms with van der Waals surface area (Å²) in [5.74, 6) is 0. The molecule has 2 amide bonds. The van der Waals surface area contributed by atoms with Crippen LogP contribution in [0.3, 0.4) is 0 Å². The number of aromatic nitrogens is 2. The fourth-order valence-electron chi connectivity index (χ4n) is 4.24. The number of nitrogens with one attached hydrogen (secondary N) is 2. The topological polar surface area (TPSA) is 62.2 Å². The van der Waals surface area contributed by atoms with Crippen LogP contribution in [0.15, 0.2) is 6.20 Å². The maximum Gasteiger partial charge on any atom is 0.319 e. The summed E-state index contributed by atoms with van der Waals surface area (Å²) in [6, 6.07) is 1.77. The predicted molar refractivity (Wildman–Crippen MR) is 96.3 cm³/mol. The van der Waals surface area contributed by atoms with Crippen LogP contribution in [0.25, 0.3) is 0 Å². The number of rotatable bonds is 4. The molecule has 0 radical (unpaired) electrons. The molecule has 1 aromatic rings. The number of carbonyl (C=O) groups excluding carboxylic acids is 1. The molecule has 6 heteroatoms. The van der Waals surface area contributed by atoms with Gasteiger partial charge >= 0.3 is 6.03 Å². The van der Waals surface area contributed by atoms with E-state index in [0.29, 0.717) is 18.1 Å². The van der Waals surface area contributed by atoms with Gasteiger partial charge in [-0.15, -0.1) is 0 Å². The van der Waals surface area contributed by atoms with Crippen molar-refractivity contribution in [2.75, 3.05) is 12.4 Å². The molecular weight excluding hydrogens is 302 g/mol. The molecule has 1 aromatic heterocycles. The molecule has 6 nitrogen and oxygen atoms in total. The average Bonchev–Trinajstić information content (AvgIpc) is 2.88. The van der Waals surface area contributed by atoms with Gasteiger partial charge in [-0.1, -0.05) is 13.3 Å². The Labute approximate surface area is 145 Å². The van der Waals surface area contributed by atoms with Gasteiger partial charge in [-0.25, -0.2) is 4.79 Å². The Morgan fingerprint density at radius 3 is 2.67 bits per heavy atom. The molecule has 0 saturated carbocycles. The number of hydrogen-bond acceptors (Lipinski definition) is 3. The highest BCUT2D eigenvalue weighted by Gasteiger charge is 2.36. The largest absolute Gasteiger partial charge is 0.335 e. The fourth-order valence-corrected chi connectivity index (χ4v) is 4.24. The highest BCUT2D eigenvalue weighted by Crippen LogP contribution is 2.32. The minimum absolute atomic E-state index is 0.102. The van der Waals surface area contributed by atoms with Crippen LogP contribution in [0.4, 0.5) is 10.5 Å². The molecule has 2 saturated heterocycles. The summed E-state index contributed by atoms with van der Waals surface area (Å²) in [5, 5.41) is 10.6. The third-order valence-electron chi connectivity index (χ3n) is 5.98. The van der Waals surface area contributed by atoms with E-state index in [1.165, 1.54) is 19.3 Å². The van der Waals surface area contributed by atoms with Gasteiger partial charge in [0.25, 0.3) is 0 Å². The maximum atomic E-state index is 12.4. The lowest BCUT2D eigenvalue weighted by Gasteiger charge is -2.47. The van der Waals surface area contributed by atoms with Gasteiger partial charge in [0.1, 0.15) is 0 Å². The monoisotopic (exact) mass is 333 g/mol. The van der Waals surface area contributed by atoms with E-state index in [9.17, 15) is 4.79 Å². The first-order chi connectivity index (χ1) is 11.5. The van der Waals surface area contributed by atoms with Gasteiger partial charge in [-0.2, -0.15) is 5.10 Å². The van der Waals surface area contributed by atoms with E-state index >= 15 is 0 Å². The van der Waals surface area contributed by atoms with Crippen LogP contribution in [-0.2, 0) is 0 Å². The van der Waals surface area contributed by atoms with Crippen LogP contribution in [0.5, 0.6) is 0 Å². The van der Waals surface area contributed by atoms with Gasteiger partial charge in [0, 0.05) is 24.2 Å². The molecule has 24 heavy (non-hydrogen) atoms. The number of anilines is 1. The van der Waals surface area contributed by atoms with E-state index in [2.05, 4.69) is 41.5 Å². The van der Waals surface area contributed by atoms with Gasteiger partial charge < -0.3 is 15.5 Å². The Balaban J connectivity index is 1.57. The van der Waals surface area contributed by atoms with Crippen LogP contribution < -0.4 is 10.6 Å². The molecule has 2 fully saturated rings. The van der Waals surface area contributed by atoms with Gasteiger partial charge in [0.15, 0.2) is 0 Å². The number of piperidine rings is 2. The fraction of sp³-hybridized carbons (Fsp3) is 0.778. The van der Waals surface area contributed by atoms with Crippen molar-refractivity contribution in [2.45, 2.75) is 83.5 Å². The lowest BCUT2D eigenvalue weighted by Crippen LogP contribution is -2.55. The molecule has 2 aliphatic heterocycles. The zero-order valence-corrected chi connectivity index (χ0v) is 15.4. The Morgan fingerprint density at radius 2 is 2.04 bits per heavy atom. The molecular formula is C18H31N5O. The van der Waals surface area contributed by atoms with Crippen LogP contribution >= 0.6 is 0 Å². The van der Waals surface area contributed by atoms with Crippen LogP contribution in [0, 0.1) is 6.92 Å². The molecule has 3 rings (SSSR count). The minimum atomic E-state index is -0.102. The maximum absolute atomic E-state index is 12.4. The minimum Gasteiger partial charge on any atom is -0.335 e. The summed E-state index contributed by atoms with van der Waals surface area (Å²) in [5.41, 5.74) is 1.82. The summed E-state index contributed by atoms with van der Waals surface area (Å²) in [7, 11) is 2.23. The van der Waals surface area contributed by atoms with E-state index in [4.69, 9.17) is 0 Å². The van der Waals surface area contributed by atoms with Gasteiger partial charge in [-0.3, -0.25) is 4.68 Å². The molecule has 2 bridgehead atoms. The molecule has 1 unspecified atom stereocenters. The number of fused-ring (bicyclic) bond motifs is 2. The van der Waals surface area contributed by atoms with Crippen molar-refractivity contribution in [3.8, 4) is 0 Å². The van der Waals surface area contributed by atoms with Crippen molar-refractivity contribution in [3.05, 3.63) is 11.9 Å². The molecule has 4 atom stereocenters. The normalized spacial score (nSPS) is 28.4. The van der Waals surface area contributed by atoms with Crippen molar-refractivity contribution in [1.82, 2.24) is 20.0 Å². The van der Waals surface area contributed by atoms with Gasteiger partial charge in [0.2, 0.25) is 0 Å². The summed E-state index contributed by atoms with van der Waals surface area (Å²) >= 11 is 0. The molecule has 0 aliphatic carbocycles. The Kier molecular flexibility index (Phi) is 5.13. The number of urea groups is 1. The lowest BCUT2D eigenvalue weighted by atomic mass is 9.82. The van der Waals surface area contributed by atoms with Crippen molar-refractivity contribution < 1.29 is 4.79 Å². The van der Waals surface area contributed by atoms with Crippen LogP contribution in [0.1, 0.15) is 64.1 Å². The summed E-state index contributed by atoms with van der Waals surface area (Å²) in [4.78, 5) is 14.9. The van der Waals surface area contributed by atoms with Crippen molar-refractivity contribution in [1.29, 1.82) is 0 Å². The zero-order valence-electron chi connectivity index (χ0n) is 15.4. The first-order valence-corrected chi connectivity index (χ1v) is 9.33. The third kappa shape index (κ3) is 3.43. The quantitative estimate of drug-likeness (QED) is 0.889. The highest BCUT2D eigenvalue weighted by molar-refractivity contribution is 5.89. The Morgan fingerprint density at radius 1 is 1.38 bits per heavy atom. The van der Waals surface area contributed by atoms with Crippen LogP contribution in [0.2, 0.25) is 0 Å². The summed E-state index contributed by atoms with van der Waals surface area (Å²) in [6.07, 6.45) is 8.74. The van der Waals surface area contributed by atoms with Crippen molar-refractivity contribution in [3.63, 3.8) is 0 Å². The second kappa shape index (κ2) is 7.13. The first kappa shape index (κ1) is 17.3. The van der Waals surface area contributed by atoms with E-state index in [1.807, 2.05) is 11.6 Å². The molecule has 2 aliphatic rings. The molecule has 134 valence electrons. The second-order valence-electron chi connectivity index (χ2n) is 7.52. The van der Waals surface area contributed by atoms with Crippen molar-refractivity contribution >= 4 is 11.7 Å². The summed E-state index contributed by atoms with van der Waals surface area (Å²) in [6.45, 7) is 6.29. The number of hydrogen-bond donors (Lipinski definition) is 2. The highest BCUT2D eigenvalue weighted by atomic mass is 16.2. The molecule has 0 aromatic carbocycles. The standard InChI is InChI=1S/C18H31N5O/c1-5-12(2)23-13(3)17(11-19-23)21-18(24)20-14-9-15-7-6-8-16(10-14)22(15)4/h11-12,14-16H,5-10H2,1-4H3,(H2,20,21,24)/t12-,14?,15-,16+/m0/s1.